The van der Waals surface area contributed by atoms with E-state index in [1.165, 1.54) is 25.6 Å². The van der Waals surface area contributed by atoms with Crippen LogP contribution in [0.15, 0.2) is 107 Å². The molecule has 3 aromatic carbocycles. The molecule has 0 saturated carbocycles. The van der Waals surface area contributed by atoms with Gasteiger partial charge in [0.2, 0.25) is 0 Å². The number of nitrogens with zero attached hydrogens (tertiary/aromatic N) is 1. The van der Waals surface area contributed by atoms with Crippen LogP contribution in [0.25, 0.3) is 0 Å². The maximum absolute atomic E-state index is 12.9. The van der Waals surface area contributed by atoms with E-state index in [0.29, 0.717) is 13.2 Å². The number of hydrogen-bond donors (Lipinski definition) is 1. The fourth-order valence-electron chi connectivity index (χ4n) is 5.48. The molecule has 1 aliphatic rings. The second kappa shape index (κ2) is 12.0. The van der Waals surface area contributed by atoms with Gasteiger partial charge >= 0.3 is 247 Å². The van der Waals surface area contributed by atoms with Crippen LogP contribution in [0, 0.1) is 5.92 Å². The Balaban J connectivity index is 1.54. The summed E-state index contributed by atoms with van der Waals surface area (Å²) in [4.78, 5) is 27.1. The molecule has 1 N–H and O–H groups in total. The maximum atomic E-state index is 12.9. The minimum absolute atomic E-state index is 0.0206. The summed E-state index contributed by atoms with van der Waals surface area (Å²) >= 11 is 6.10. The molecule has 6 nitrogen and oxygen atoms in total. The Bertz CT molecular complexity index is 1500. The molecule has 0 radical (unpaired) electrons. The van der Waals surface area contributed by atoms with Crippen molar-refractivity contribution < 1.29 is 9.16 Å². The van der Waals surface area contributed by atoms with Gasteiger partial charge in [0, 0.05) is 0 Å². The molecule has 1 fully saturated rings. The third-order valence-electron chi connectivity index (χ3n) is 7.37. The quantitative estimate of drug-likeness (QED) is 0.299. The normalized spacial score (nSPS) is 19.6. The average Bonchev–Trinajstić information content (AvgIpc) is 3.34. The van der Waals surface area contributed by atoms with Gasteiger partial charge in [0.1, 0.15) is 0 Å². The Labute approximate surface area is 246 Å². The predicted molar refractivity (Wildman–Crippen MR) is 164 cm³/mol. The second-order valence-corrected chi connectivity index (χ2v) is 18.3. The van der Waals surface area contributed by atoms with Gasteiger partial charge in [-0.25, -0.2) is 0 Å². The van der Waals surface area contributed by atoms with Crippen LogP contribution in [-0.4, -0.2) is 46.0 Å². The number of ether oxygens (including phenoxy) is 1. The summed E-state index contributed by atoms with van der Waals surface area (Å²) in [6, 6.07) is 31.4. The van der Waals surface area contributed by atoms with Gasteiger partial charge in [0.25, 0.3) is 0 Å². The van der Waals surface area contributed by atoms with E-state index in [4.69, 9.17) is 20.8 Å². The van der Waals surface area contributed by atoms with Crippen molar-refractivity contribution in [1.82, 2.24) is 9.55 Å². The third kappa shape index (κ3) is 5.70. The van der Waals surface area contributed by atoms with Crippen molar-refractivity contribution in [2.75, 3.05) is 13.2 Å². The van der Waals surface area contributed by atoms with Crippen LogP contribution in [0.2, 0.25) is 14.9 Å². The molecule has 1 aliphatic heterocycles. The second-order valence-electron chi connectivity index (χ2n) is 11.0. The van der Waals surface area contributed by atoms with Crippen molar-refractivity contribution in [3.05, 3.63) is 123 Å². The molecule has 2 heterocycles. The predicted octanol–water partition coefficient (Wildman–Crippen LogP) is 3.73. The molecule has 0 bridgehead atoms. The molecule has 40 heavy (non-hydrogen) atoms. The fraction of sp³-hybridized carbons (Fsp3) is 0.290. The Kier molecular flexibility index (Phi) is 8.66. The monoisotopic (exact) mass is 640 g/mol. The summed E-state index contributed by atoms with van der Waals surface area (Å²) in [6.45, 7) is 7.71. The SMILES string of the molecule is CC(C)(C)[Si](OC[C@@H]1COC(n2cc(Cl)c(=O)[nH]c2=O)[C@H]1[Se]c1ccccc1)(c1ccccc1)c1ccccc1. The van der Waals surface area contributed by atoms with Crippen LogP contribution >= 0.6 is 11.6 Å². The Hall–Kier alpha value is -2.71. The molecule has 0 spiro atoms. The summed E-state index contributed by atoms with van der Waals surface area (Å²) in [6.07, 6.45) is 0.835. The Morgan fingerprint density at radius 3 is 2.05 bits per heavy atom. The van der Waals surface area contributed by atoms with E-state index in [0.717, 1.165) is 0 Å². The number of nitrogens with one attached hydrogen (secondary N) is 1. The average molecular weight is 640 g/mol. The first-order valence-corrected chi connectivity index (χ1v) is 17.4. The molecule has 1 aromatic heterocycles. The van der Waals surface area contributed by atoms with Crippen molar-refractivity contribution in [2.24, 2.45) is 5.92 Å². The van der Waals surface area contributed by atoms with Crippen LogP contribution in [0.5, 0.6) is 0 Å². The molecule has 9 heteroatoms. The van der Waals surface area contributed by atoms with E-state index >= 15 is 0 Å². The van der Waals surface area contributed by atoms with Gasteiger partial charge < -0.3 is 0 Å². The van der Waals surface area contributed by atoms with E-state index in [1.807, 2.05) is 30.3 Å². The van der Waals surface area contributed by atoms with E-state index in [-0.39, 0.29) is 35.8 Å². The molecule has 5 rings (SSSR count). The first kappa shape index (κ1) is 28.8. The summed E-state index contributed by atoms with van der Waals surface area (Å²) in [5, 5.41) is 2.25. The van der Waals surface area contributed by atoms with Crippen molar-refractivity contribution in [2.45, 2.75) is 36.9 Å². The molecule has 1 unspecified atom stereocenters. The number of H-pyrrole nitrogens is 1. The summed E-state index contributed by atoms with van der Waals surface area (Å²) in [5.41, 5.74) is -1.13. The molecular formula is C31H33ClN2O4SeSi. The molecule has 1 saturated heterocycles. The van der Waals surface area contributed by atoms with Crippen LogP contribution < -0.4 is 26.1 Å². The zero-order valence-corrected chi connectivity index (χ0v) is 26.2. The molecule has 0 aliphatic carbocycles. The van der Waals surface area contributed by atoms with Gasteiger partial charge in [-0.3, -0.25) is 0 Å². The van der Waals surface area contributed by atoms with Crippen LogP contribution in [0.4, 0.5) is 0 Å². The number of rotatable bonds is 8. The van der Waals surface area contributed by atoms with Crippen molar-refractivity contribution in [1.29, 1.82) is 0 Å². The number of hydrogen-bond acceptors (Lipinski definition) is 4. The van der Waals surface area contributed by atoms with E-state index in [9.17, 15) is 9.59 Å². The van der Waals surface area contributed by atoms with Gasteiger partial charge in [0.15, 0.2) is 0 Å². The van der Waals surface area contributed by atoms with Gasteiger partial charge in [-0.05, 0) is 0 Å². The van der Waals surface area contributed by atoms with Crippen LogP contribution in [-0.2, 0) is 9.16 Å². The topological polar surface area (TPSA) is 73.3 Å². The van der Waals surface area contributed by atoms with Gasteiger partial charge in [0.05, 0.1) is 0 Å². The number of benzene rings is 3. The van der Waals surface area contributed by atoms with Crippen LogP contribution in [0.3, 0.4) is 0 Å². The number of halogens is 1. The first-order valence-electron chi connectivity index (χ1n) is 13.3. The minimum atomic E-state index is -2.75. The van der Waals surface area contributed by atoms with E-state index < -0.39 is 25.8 Å². The molecule has 4 aromatic rings. The van der Waals surface area contributed by atoms with Crippen molar-refractivity contribution >= 4 is 49.7 Å². The number of aromatic nitrogens is 2. The zero-order valence-electron chi connectivity index (χ0n) is 22.8. The standard InChI is InChI=1S/C31H33ClN2O4SeSi/c1-31(2,3)40(24-15-9-5-10-16-24,25-17-11-6-12-18-25)38-21-22-20-37-29(27(22)39-23-13-7-4-8-14-23)34-19-26(32)28(35)33-30(34)36/h4-19,22,27,29H,20-21H2,1-3H3,(H,33,35,36)/t22-,27-,29?/m0/s1. The Morgan fingerprint density at radius 1 is 0.950 bits per heavy atom. The van der Waals surface area contributed by atoms with Crippen molar-refractivity contribution in [3.63, 3.8) is 0 Å². The molecule has 3 atom stereocenters. The number of aromatic amines is 1. The van der Waals surface area contributed by atoms with E-state index in [2.05, 4.69) is 86.4 Å². The van der Waals surface area contributed by atoms with E-state index in [1.54, 1.807) is 0 Å². The zero-order chi connectivity index (χ0) is 28.3. The molecule has 208 valence electrons. The summed E-state index contributed by atoms with van der Waals surface area (Å²) < 4.78 is 16.2. The first-order chi connectivity index (χ1) is 19.2. The van der Waals surface area contributed by atoms with Gasteiger partial charge in [-0.2, -0.15) is 0 Å². The van der Waals surface area contributed by atoms with Gasteiger partial charge in [-0.15, -0.1) is 0 Å². The summed E-state index contributed by atoms with van der Waals surface area (Å²) in [7, 11) is -2.75. The molecular weight excluding hydrogens is 607 g/mol. The fourth-order valence-corrected chi connectivity index (χ4v) is 13.0. The van der Waals surface area contributed by atoms with Gasteiger partial charge in [-0.1, -0.05) is 0 Å². The summed E-state index contributed by atoms with van der Waals surface area (Å²) in [5.74, 6) is 0.0319. The van der Waals surface area contributed by atoms with Crippen molar-refractivity contribution in [3.8, 4) is 0 Å². The van der Waals surface area contributed by atoms with Crippen LogP contribution in [0.1, 0.15) is 27.0 Å². The third-order valence-corrected chi connectivity index (χ3v) is 15.7. The molecule has 0 amide bonds. The Morgan fingerprint density at radius 2 is 1.50 bits per heavy atom.